The summed E-state index contributed by atoms with van der Waals surface area (Å²) in [7, 11) is 0. The zero-order valence-corrected chi connectivity index (χ0v) is 18.2. The molecule has 1 aliphatic heterocycles. The molecular weight excluding hydrogens is 432 g/mol. The molecule has 0 spiro atoms. The molecule has 0 saturated carbocycles. The molecule has 4 rings (SSSR count). The van der Waals surface area contributed by atoms with Crippen LogP contribution in [0.4, 0.5) is 10.5 Å². The zero-order chi connectivity index (χ0) is 21.8. The monoisotopic (exact) mass is 450 g/mol. The minimum Gasteiger partial charge on any atom is -0.450 e. The number of benzene rings is 2. The molecule has 2 aromatic carbocycles. The van der Waals surface area contributed by atoms with Gasteiger partial charge in [-0.25, -0.2) is 0 Å². The normalized spacial score (nSPS) is 15.0. The van der Waals surface area contributed by atoms with Crippen molar-refractivity contribution in [1.82, 2.24) is 4.90 Å². The number of hydrogen-bond acceptors (Lipinski definition) is 6. The maximum absolute atomic E-state index is 12.6. The average Bonchev–Trinajstić information content (AvgIpc) is 3.28. The standard InChI is InChI=1S/C23H18N2O4S2/c1-15-6-5-7-16(12-15)24-20(26)14-25-22(27)19(31-23(25)28)13-17-10-11-21(29-17)30-18-8-3-2-4-9-18/h2-13H,14H2,1H3,(H,24,26)/b19-13-. The Balaban J connectivity index is 1.41. The summed E-state index contributed by atoms with van der Waals surface area (Å²) in [6.07, 6.45) is 1.53. The predicted octanol–water partition coefficient (Wildman–Crippen LogP) is 5.41. The van der Waals surface area contributed by atoms with Crippen LogP contribution in [0.1, 0.15) is 11.3 Å². The number of nitrogens with one attached hydrogen (secondary N) is 1. The molecule has 3 amide bonds. The summed E-state index contributed by atoms with van der Waals surface area (Å²) < 4.78 is 5.75. The summed E-state index contributed by atoms with van der Waals surface area (Å²) in [6, 6.07) is 20.6. The number of amides is 3. The lowest BCUT2D eigenvalue weighted by molar-refractivity contribution is -0.127. The molecule has 0 radical (unpaired) electrons. The Morgan fingerprint density at radius 3 is 2.68 bits per heavy atom. The molecule has 31 heavy (non-hydrogen) atoms. The molecule has 1 aliphatic rings. The van der Waals surface area contributed by atoms with E-state index in [9.17, 15) is 14.4 Å². The average molecular weight is 451 g/mol. The highest BCUT2D eigenvalue weighted by Gasteiger charge is 2.36. The largest absolute Gasteiger partial charge is 0.450 e. The van der Waals surface area contributed by atoms with Gasteiger partial charge in [0.05, 0.1) is 4.91 Å². The molecule has 3 aromatic rings. The number of anilines is 1. The first-order valence-corrected chi connectivity index (χ1v) is 11.1. The molecule has 0 aliphatic carbocycles. The van der Waals surface area contributed by atoms with Crippen molar-refractivity contribution in [2.75, 3.05) is 11.9 Å². The lowest BCUT2D eigenvalue weighted by Crippen LogP contribution is -2.36. The molecule has 1 aromatic heterocycles. The number of imide groups is 1. The van der Waals surface area contributed by atoms with E-state index in [0.717, 1.165) is 27.1 Å². The van der Waals surface area contributed by atoms with Crippen LogP contribution in [0.25, 0.3) is 6.08 Å². The summed E-state index contributed by atoms with van der Waals surface area (Å²) in [4.78, 5) is 39.4. The van der Waals surface area contributed by atoms with E-state index in [0.29, 0.717) is 16.5 Å². The molecule has 0 atom stereocenters. The first kappa shape index (κ1) is 21.0. The van der Waals surface area contributed by atoms with Gasteiger partial charge in [0, 0.05) is 16.7 Å². The fraction of sp³-hybridized carbons (Fsp3) is 0.0870. The number of hydrogen-bond donors (Lipinski definition) is 1. The summed E-state index contributed by atoms with van der Waals surface area (Å²) >= 11 is 2.25. The van der Waals surface area contributed by atoms with E-state index in [1.807, 2.05) is 61.5 Å². The fourth-order valence-corrected chi connectivity index (χ4v) is 4.52. The Morgan fingerprint density at radius 1 is 1.10 bits per heavy atom. The Kier molecular flexibility index (Phi) is 6.29. The molecule has 1 saturated heterocycles. The van der Waals surface area contributed by atoms with E-state index in [4.69, 9.17) is 4.42 Å². The molecule has 8 heteroatoms. The van der Waals surface area contributed by atoms with Crippen molar-refractivity contribution in [1.29, 1.82) is 0 Å². The van der Waals surface area contributed by atoms with Crippen molar-refractivity contribution in [2.24, 2.45) is 0 Å². The Labute approximate surface area is 187 Å². The van der Waals surface area contributed by atoms with E-state index >= 15 is 0 Å². The fourth-order valence-electron chi connectivity index (χ4n) is 2.90. The van der Waals surface area contributed by atoms with Crippen molar-refractivity contribution < 1.29 is 18.8 Å². The van der Waals surface area contributed by atoms with Crippen LogP contribution in [0.5, 0.6) is 0 Å². The second-order valence-electron chi connectivity index (χ2n) is 6.76. The van der Waals surface area contributed by atoms with Gasteiger partial charge in [0.1, 0.15) is 12.3 Å². The quantitative estimate of drug-likeness (QED) is 0.506. The van der Waals surface area contributed by atoms with Crippen LogP contribution in [0.3, 0.4) is 0 Å². The first-order valence-electron chi connectivity index (χ1n) is 9.42. The maximum Gasteiger partial charge on any atom is 0.294 e. The van der Waals surface area contributed by atoms with Crippen LogP contribution in [0, 0.1) is 6.92 Å². The molecule has 0 unspecified atom stereocenters. The van der Waals surface area contributed by atoms with Gasteiger partial charge in [-0.2, -0.15) is 0 Å². The lowest BCUT2D eigenvalue weighted by Gasteiger charge is -2.12. The number of carbonyl (C=O) groups is 3. The van der Waals surface area contributed by atoms with Crippen LogP contribution in [-0.4, -0.2) is 28.5 Å². The van der Waals surface area contributed by atoms with Gasteiger partial charge in [-0.3, -0.25) is 19.3 Å². The molecule has 6 nitrogen and oxygen atoms in total. The van der Waals surface area contributed by atoms with Crippen molar-refractivity contribution in [3.8, 4) is 0 Å². The van der Waals surface area contributed by atoms with Crippen LogP contribution in [0.2, 0.25) is 0 Å². The number of carbonyl (C=O) groups excluding carboxylic acids is 3. The van der Waals surface area contributed by atoms with Gasteiger partial charge in [0.25, 0.3) is 11.1 Å². The summed E-state index contributed by atoms with van der Waals surface area (Å²) in [5.74, 6) is -0.482. The number of aryl methyl sites for hydroxylation is 1. The van der Waals surface area contributed by atoms with Gasteiger partial charge in [0.2, 0.25) is 5.91 Å². The van der Waals surface area contributed by atoms with E-state index in [2.05, 4.69) is 5.32 Å². The third kappa shape index (κ3) is 5.28. The smallest absolute Gasteiger partial charge is 0.294 e. The maximum atomic E-state index is 12.6. The molecule has 1 fully saturated rings. The highest BCUT2D eigenvalue weighted by molar-refractivity contribution is 8.18. The Bertz CT molecular complexity index is 1170. The van der Waals surface area contributed by atoms with E-state index < -0.39 is 17.1 Å². The molecular formula is C23H18N2O4S2. The van der Waals surface area contributed by atoms with E-state index in [1.165, 1.54) is 17.8 Å². The summed E-state index contributed by atoms with van der Waals surface area (Å²) in [5, 5.41) is 2.90. The number of nitrogens with zero attached hydrogens (tertiary/aromatic N) is 1. The second kappa shape index (κ2) is 9.28. The minimum atomic E-state index is -0.511. The summed E-state index contributed by atoms with van der Waals surface area (Å²) in [6.45, 7) is 1.57. The van der Waals surface area contributed by atoms with E-state index in [-0.39, 0.29) is 11.4 Å². The van der Waals surface area contributed by atoms with Gasteiger partial charge in [-0.05, 0) is 60.6 Å². The molecule has 156 valence electrons. The number of rotatable bonds is 6. The van der Waals surface area contributed by atoms with Crippen molar-refractivity contribution in [2.45, 2.75) is 16.9 Å². The molecule has 1 N–H and O–H groups in total. The van der Waals surface area contributed by atoms with Crippen molar-refractivity contribution in [3.05, 3.63) is 83.0 Å². The van der Waals surface area contributed by atoms with Crippen LogP contribution in [-0.2, 0) is 9.59 Å². The first-order chi connectivity index (χ1) is 15.0. The third-order valence-corrected chi connectivity index (χ3v) is 6.15. The topological polar surface area (TPSA) is 79.6 Å². The molecule has 2 heterocycles. The highest BCUT2D eigenvalue weighted by Crippen LogP contribution is 2.34. The molecule has 0 bridgehead atoms. The van der Waals surface area contributed by atoms with Gasteiger partial charge >= 0.3 is 0 Å². The highest BCUT2D eigenvalue weighted by atomic mass is 32.2. The van der Waals surface area contributed by atoms with Gasteiger partial charge in [-0.15, -0.1) is 0 Å². The van der Waals surface area contributed by atoms with Gasteiger partial charge < -0.3 is 9.73 Å². The van der Waals surface area contributed by atoms with Crippen LogP contribution in [0.15, 0.2) is 86.0 Å². The van der Waals surface area contributed by atoms with Crippen LogP contribution >= 0.6 is 23.5 Å². The zero-order valence-electron chi connectivity index (χ0n) is 16.5. The van der Waals surface area contributed by atoms with Crippen molar-refractivity contribution >= 4 is 52.3 Å². The number of thioether (sulfide) groups is 1. The van der Waals surface area contributed by atoms with Crippen molar-refractivity contribution in [3.63, 3.8) is 0 Å². The second-order valence-corrected chi connectivity index (χ2v) is 8.83. The minimum absolute atomic E-state index is 0.221. The van der Waals surface area contributed by atoms with E-state index in [1.54, 1.807) is 12.1 Å². The van der Waals surface area contributed by atoms with Gasteiger partial charge in [0.15, 0.2) is 5.09 Å². The number of furan rings is 1. The van der Waals surface area contributed by atoms with Gasteiger partial charge in [-0.1, -0.05) is 42.1 Å². The SMILES string of the molecule is Cc1cccc(NC(=O)CN2C(=O)S/C(=C\c3ccc(Sc4ccccc4)o3)C2=O)c1. The predicted molar refractivity (Wildman–Crippen MR) is 122 cm³/mol. The Hall–Kier alpha value is -3.23. The van der Waals surface area contributed by atoms with Crippen LogP contribution < -0.4 is 5.32 Å². The lowest BCUT2D eigenvalue weighted by atomic mass is 10.2. The Morgan fingerprint density at radius 2 is 1.90 bits per heavy atom. The summed E-state index contributed by atoms with van der Waals surface area (Å²) in [5.41, 5.74) is 1.61. The third-order valence-electron chi connectivity index (χ3n) is 4.31.